The summed E-state index contributed by atoms with van der Waals surface area (Å²) >= 11 is 0. The molecule has 0 saturated heterocycles. The van der Waals surface area contributed by atoms with Gasteiger partial charge in [0.25, 0.3) is 5.89 Å². The van der Waals surface area contributed by atoms with Gasteiger partial charge in [0.2, 0.25) is 5.82 Å². The van der Waals surface area contributed by atoms with Crippen LogP contribution in [0, 0.1) is 19.7 Å². The summed E-state index contributed by atoms with van der Waals surface area (Å²) in [7, 11) is 3.01. The smallest absolute Gasteiger partial charge is 0.338 e. The number of rotatable bonds is 6. The van der Waals surface area contributed by atoms with Crippen LogP contribution in [0.4, 0.5) is 4.39 Å². The molecule has 0 saturated carbocycles. The van der Waals surface area contributed by atoms with Crippen molar-refractivity contribution in [2.45, 2.75) is 20.5 Å². The normalized spacial score (nSPS) is 10.6. The Morgan fingerprint density at radius 2 is 1.79 bits per heavy atom. The Morgan fingerprint density at radius 3 is 2.39 bits per heavy atom. The third-order valence-electron chi connectivity index (χ3n) is 4.21. The largest absolute Gasteiger partial charge is 0.496 e. The molecule has 0 radical (unpaired) electrons. The molecule has 146 valence electrons. The minimum atomic E-state index is -0.599. The van der Waals surface area contributed by atoms with E-state index in [2.05, 4.69) is 10.1 Å². The van der Waals surface area contributed by atoms with Gasteiger partial charge in [0.05, 0.1) is 19.8 Å². The molecule has 0 aliphatic rings. The van der Waals surface area contributed by atoms with E-state index in [0.717, 1.165) is 5.56 Å². The van der Waals surface area contributed by atoms with Gasteiger partial charge in [-0.1, -0.05) is 17.3 Å². The van der Waals surface area contributed by atoms with Crippen molar-refractivity contribution in [2.75, 3.05) is 14.2 Å². The van der Waals surface area contributed by atoms with Crippen molar-refractivity contribution >= 4 is 5.97 Å². The molecule has 0 bridgehead atoms. The molecule has 3 aromatic rings. The average Bonchev–Trinajstić information content (AvgIpc) is 3.17. The number of carbonyl (C=O) groups excluding carboxylic acids is 1. The summed E-state index contributed by atoms with van der Waals surface area (Å²) in [6, 6.07) is 7.76. The molecule has 0 spiro atoms. The molecule has 0 aliphatic heterocycles. The zero-order valence-electron chi connectivity index (χ0n) is 15.9. The summed E-state index contributed by atoms with van der Waals surface area (Å²) in [6.07, 6.45) is 0. The van der Waals surface area contributed by atoms with E-state index in [1.165, 1.54) is 20.3 Å². The first kappa shape index (κ1) is 19.3. The maximum absolute atomic E-state index is 13.7. The van der Waals surface area contributed by atoms with Crippen LogP contribution in [0.2, 0.25) is 0 Å². The fraction of sp³-hybridized carbons (Fsp3) is 0.250. The van der Waals surface area contributed by atoms with E-state index < -0.39 is 5.97 Å². The van der Waals surface area contributed by atoms with Crippen molar-refractivity contribution in [3.8, 4) is 22.9 Å². The summed E-state index contributed by atoms with van der Waals surface area (Å²) in [5.41, 5.74) is 2.02. The van der Waals surface area contributed by atoms with E-state index in [1.807, 2.05) is 6.92 Å². The van der Waals surface area contributed by atoms with Gasteiger partial charge in [0.15, 0.2) is 6.61 Å². The van der Waals surface area contributed by atoms with E-state index in [1.54, 1.807) is 31.2 Å². The zero-order valence-corrected chi connectivity index (χ0v) is 15.9. The maximum atomic E-state index is 13.7. The number of aryl methyl sites for hydroxylation is 1. The van der Waals surface area contributed by atoms with E-state index in [9.17, 15) is 9.18 Å². The molecule has 0 aliphatic carbocycles. The monoisotopic (exact) mass is 386 g/mol. The third-order valence-corrected chi connectivity index (χ3v) is 4.21. The number of aromatic nitrogens is 2. The SMILES string of the molecule is COc1cc(C(=O)OCc2nc(-c3ccc(C)c(F)c3)no2)cc(OC)c1C. The predicted molar refractivity (Wildman–Crippen MR) is 97.8 cm³/mol. The molecule has 3 rings (SSSR count). The molecule has 7 nitrogen and oxygen atoms in total. The summed E-state index contributed by atoms with van der Waals surface area (Å²) in [6.45, 7) is 3.26. The Bertz CT molecular complexity index is 991. The second-order valence-corrected chi connectivity index (χ2v) is 6.06. The van der Waals surface area contributed by atoms with Crippen molar-refractivity contribution in [1.82, 2.24) is 10.1 Å². The van der Waals surface area contributed by atoms with Gasteiger partial charge in [-0.25, -0.2) is 9.18 Å². The molecule has 0 atom stereocenters. The number of ether oxygens (including phenoxy) is 3. The van der Waals surface area contributed by atoms with Gasteiger partial charge < -0.3 is 18.7 Å². The van der Waals surface area contributed by atoms with E-state index in [4.69, 9.17) is 18.7 Å². The number of halogens is 1. The first-order chi connectivity index (χ1) is 13.4. The molecule has 28 heavy (non-hydrogen) atoms. The van der Waals surface area contributed by atoms with Crippen LogP contribution in [0.1, 0.15) is 27.4 Å². The minimum absolute atomic E-state index is 0.0929. The van der Waals surface area contributed by atoms with Gasteiger partial charge in [-0.2, -0.15) is 4.98 Å². The number of hydrogen-bond acceptors (Lipinski definition) is 7. The summed E-state index contributed by atoms with van der Waals surface area (Å²) in [5.74, 6) is 0.356. The molecular formula is C20H19FN2O5. The molecule has 1 aromatic heterocycles. The topological polar surface area (TPSA) is 83.7 Å². The van der Waals surface area contributed by atoms with Gasteiger partial charge in [-0.05, 0) is 37.6 Å². The van der Waals surface area contributed by atoms with Gasteiger partial charge in [0, 0.05) is 11.1 Å². The van der Waals surface area contributed by atoms with Gasteiger partial charge in [-0.15, -0.1) is 0 Å². The number of benzene rings is 2. The highest BCUT2D eigenvalue weighted by Crippen LogP contribution is 2.30. The fourth-order valence-electron chi connectivity index (χ4n) is 2.58. The lowest BCUT2D eigenvalue weighted by Gasteiger charge is -2.11. The minimum Gasteiger partial charge on any atom is -0.496 e. The first-order valence-corrected chi connectivity index (χ1v) is 8.41. The number of nitrogens with zero attached hydrogens (tertiary/aromatic N) is 2. The Balaban J connectivity index is 1.72. The van der Waals surface area contributed by atoms with Crippen LogP contribution in [-0.2, 0) is 11.3 Å². The summed E-state index contributed by atoms with van der Waals surface area (Å²) in [5, 5.41) is 3.79. The Hall–Kier alpha value is -3.42. The van der Waals surface area contributed by atoms with Crippen molar-refractivity contribution < 1.29 is 27.9 Å². The van der Waals surface area contributed by atoms with Gasteiger partial charge in [0.1, 0.15) is 17.3 Å². The lowest BCUT2D eigenvalue weighted by Crippen LogP contribution is -2.07. The van der Waals surface area contributed by atoms with E-state index in [0.29, 0.717) is 22.6 Å². The number of carbonyl (C=O) groups is 1. The van der Waals surface area contributed by atoms with E-state index >= 15 is 0 Å². The molecule has 0 unspecified atom stereocenters. The molecule has 0 fully saturated rings. The highest BCUT2D eigenvalue weighted by Gasteiger charge is 2.17. The lowest BCUT2D eigenvalue weighted by molar-refractivity contribution is 0.0429. The van der Waals surface area contributed by atoms with Gasteiger partial charge >= 0.3 is 5.97 Å². The van der Waals surface area contributed by atoms with Crippen LogP contribution in [0.15, 0.2) is 34.9 Å². The zero-order chi connectivity index (χ0) is 20.3. The number of hydrogen-bond donors (Lipinski definition) is 0. The Morgan fingerprint density at radius 1 is 1.11 bits per heavy atom. The maximum Gasteiger partial charge on any atom is 0.338 e. The van der Waals surface area contributed by atoms with Crippen molar-refractivity contribution in [2.24, 2.45) is 0 Å². The third kappa shape index (κ3) is 3.95. The predicted octanol–water partition coefficient (Wildman–Crippen LogP) is 3.87. The molecular weight excluding hydrogens is 367 g/mol. The highest BCUT2D eigenvalue weighted by atomic mass is 19.1. The molecule has 0 N–H and O–H groups in total. The van der Waals surface area contributed by atoms with E-state index in [-0.39, 0.29) is 29.7 Å². The average molecular weight is 386 g/mol. The Kier molecular flexibility index (Phi) is 5.58. The Labute approximate surface area is 161 Å². The highest BCUT2D eigenvalue weighted by molar-refractivity contribution is 5.90. The second-order valence-electron chi connectivity index (χ2n) is 6.06. The van der Waals surface area contributed by atoms with Crippen LogP contribution in [-0.4, -0.2) is 30.3 Å². The molecule has 2 aromatic carbocycles. The van der Waals surface area contributed by atoms with Crippen molar-refractivity contribution in [3.05, 3.63) is 58.7 Å². The molecule has 8 heteroatoms. The second kappa shape index (κ2) is 8.08. The van der Waals surface area contributed by atoms with Crippen LogP contribution in [0.3, 0.4) is 0 Å². The number of methoxy groups -OCH3 is 2. The number of esters is 1. The van der Waals surface area contributed by atoms with Gasteiger partial charge in [-0.3, -0.25) is 0 Å². The standard InChI is InChI=1S/C20H19FN2O5/c1-11-5-6-13(7-15(11)21)19-22-18(28-23-19)10-27-20(24)14-8-16(25-3)12(2)17(9-14)26-4/h5-9H,10H2,1-4H3. The molecule has 0 amide bonds. The molecule has 1 heterocycles. The van der Waals surface area contributed by atoms with Crippen LogP contribution in [0.25, 0.3) is 11.4 Å². The lowest BCUT2D eigenvalue weighted by atomic mass is 10.1. The van der Waals surface area contributed by atoms with Crippen LogP contribution < -0.4 is 9.47 Å². The van der Waals surface area contributed by atoms with Crippen molar-refractivity contribution in [1.29, 1.82) is 0 Å². The quantitative estimate of drug-likeness (QED) is 0.595. The summed E-state index contributed by atoms with van der Waals surface area (Å²) in [4.78, 5) is 16.5. The van der Waals surface area contributed by atoms with Crippen molar-refractivity contribution in [3.63, 3.8) is 0 Å². The summed E-state index contributed by atoms with van der Waals surface area (Å²) < 4.78 is 34.5. The van der Waals surface area contributed by atoms with Crippen LogP contribution in [0.5, 0.6) is 11.5 Å². The fourth-order valence-corrected chi connectivity index (χ4v) is 2.58. The van der Waals surface area contributed by atoms with Crippen LogP contribution >= 0.6 is 0 Å². The first-order valence-electron chi connectivity index (χ1n) is 8.41.